The Balaban J connectivity index is 1.52. The third-order valence-electron chi connectivity index (χ3n) is 7.47. The fourth-order valence-electron chi connectivity index (χ4n) is 5.15. The van der Waals surface area contributed by atoms with E-state index in [1.54, 1.807) is 37.4 Å². The van der Waals surface area contributed by atoms with E-state index in [-0.39, 0.29) is 34.3 Å². The molecular formula is C30H30F3N7O. The second-order valence-corrected chi connectivity index (χ2v) is 10.2. The summed E-state index contributed by atoms with van der Waals surface area (Å²) in [4.78, 5) is 23.7. The molecule has 0 spiro atoms. The van der Waals surface area contributed by atoms with Crippen molar-refractivity contribution in [1.82, 2.24) is 19.8 Å². The SMILES string of the molecule is CN1CCC(C(=O)Nc2ccc3nc(-c4cccc(-c5ccccc5C(=N)N(C)C=N)c4)[nH]c3c2C(F)(F)F)CC1. The van der Waals surface area contributed by atoms with Gasteiger partial charge in [0.15, 0.2) is 0 Å². The van der Waals surface area contributed by atoms with Crippen molar-refractivity contribution in [2.75, 3.05) is 32.5 Å². The van der Waals surface area contributed by atoms with Gasteiger partial charge in [0, 0.05) is 24.1 Å². The maximum atomic E-state index is 14.4. The first kappa shape index (κ1) is 28.0. The molecular weight excluding hydrogens is 531 g/mol. The van der Waals surface area contributed by atoms with Crippen LogP contribution in [0.3, 0.4) is 0 Å². The van der Waals surface area contributed by atoms with E-state index in [0.29, 0.717) is 24.0 Å². The largest absolute Gasteiger partial charge is 0.420 e. The van der Waals surface area contributed by atoms with Crippen molar-refractivity contribution in [3.8, 4) is 22.5 Å². The number of aromatic nitrogens is 2. The van der Waals surface area contributed by atoms with E-state index in [0.717, 1.165) is 30.6 Å². The first-order chi connectivity index (χ1) is 19.6. The van der Waals surface area contributed by atoms with E-state index in [2.05, 4.69) is 20.2 Å². The van der Waals surface area contributed by atoms with Crippen molar-refractivity contribution < 1.29 is 18.0 Å². The Kier molecular flexibility index (Phi) is 7.63. The minimum atomic E-state index is -4.74. The average molecular weight is 562 g/mol. The van der Waals surface area contributed by atoms with Gasteiger partial charge in [-0.3, -0.25) is 15.6 Å². The number of nitrogens with one attached hydrogen (secondary N) is 4. The number of likely N-dealkylation sites (tertiary alicyclic amines) is 1. The summed E-state index contributed by atoms with van der Waals surface area (Å²) < 4.78 is 43.2. The Labute approximate surface area is 235 Å². The van der Waals surface area contributed by atoms with Gasteiger partial charge in [0.25, 0.3) is 0 Å². The smallest absolute Gasteiger partial charge is 0.337 e. The highest BCUT2D eigenvalue weighted by molar-refractivity contribution is 6.06. The van der Waals surface area contributed by atoms with Crippen molar-refractivity contribution in [2.45, 2.75) is 19.0 Å². The van der Waals surface area contributed by atoms with Crippen LogP contribution in [0.5, 0.6) is 0 Å². The van der Waals surface area contributed by atoms with E-state index < -0.39 is 17.6 Å². The van der Waals surface area contributed by atoms with Crippen LogP contribution in [0.15, 0.2) is 60.7 Å². The monoisotopic (exact) mass is 561 g/mol. The molecule has 3 aromatic carbocycles. The van der Waals surface area contributed by atoms with Crippen molar-refractivity contribution in [1.29, 1.82) is 10.8 Å². The summed E-state index contributed by atoms with van der Waals surface area (Å²) in [6, 6.07) is 17.2. The molecule has 0 unspecified atom stereocenters. The fourth-order valence-corrected chi connectivity index (χ4v) is 5.15. The maximum Gasteiger partial charge on any atom is 0.420 e. The number of hydrogen-bond donors (Lipinski definition) is 4. The summed E-state index contributed by atoms with van der Waals surface area (Å²) >= 11 is 0. The number of fused-ring (bicyclic) bond motifs is 1. The third-order valence-corrected chi connectivity index (χ3v) is 7.47. The van der Waals surface area contributed by atoms with Crippen LogP contribution >= 0.6 is 0 Å². The lowest BCUT2D eigenvalue weighted by Gasteiger charge is -2.28. The van der Waals surface area contributed by atoms with Crippen LogP contribution in [0.4, 0.5) is 18.9 Å². The van der Waals surface area contributed by atoms with Gasteiger partial charge in [-0.15, -0.1) is 0 Å². The van der Waals surface area contributed by atoms with Gasteiger partial charge in [-0.05, 0) is 62.3 Å². The van der Waals surface area contributed by atoms with E-state index in [1.807, 2.05) is 25.2 Å². The number of H-pyrrole nitrogens is 1. The lowest BCUT2D eigenvalue weighted by atomic mass is 9.96. The molecule has 212 valence electrons. The number of benzene rings is 3. The topological polar surface area (TPSA) is 112 Å². The van der Waals surface area contributed by atoms with Gasteiger partial charge < -0.3 is 20.1 Å². The van der Waals surface area contributed by atoms with Crippen LogP contribution in [-0.4, -0.2) is 65.0 Å². The van der Waals surface area contributed by atoms with Crippen LogP contribution in [0.2, 0.25) is 0 Å². The quantitative estimate of drug-likeness (QED) is 0.169. The zero-order valence-electron chi connectivity index (χ0n) is 22.6. The summed E-state index contributed by atoms with van der Waals surface area (Å²) in [6.45, 7) is 1.44. The predicted octanol–water partition coefficient (Wildman–Crippen LogP) is 6.06. The zero-order valence-corrected chi connectivity index (χ0v) is 22.6. The highest BCUT2D eigenvalue weighted by Crippen LogP contribution is 2.41. The van der Waals surface area contributed by atoms with Crippen molar-refractivity contribution in [3.63, 3.8) is 0 Å². The molecule has 0 bridgehead atoms. The third kappa shape index (κ3) is 5.71. The van der Waals surface area contributed by atoms with Gasteiger partial charge in [-0.2, -0.15) is 13.2 Å². The number of amidine groups is 1. The molecule has 4 aromatic rings. The lowest BCUT2D eigenvalue weighted by Crippen LogP contribution is -2.36. The standard InChI is InChI=1S/C30H30F3N7O/c1-39-14-12-18(13-15-39)29(41)37-23-10-11-24-26(25(23)30(31,32)33)38-28(36-24)20-7-5-6-19(16-20)21-8-3-4-9-22(21)27(35)40(2)17-34/h3-11,16-18,34-35H,12-15H2,1-2H3,(H,36,38)(H,37,41). The Morgan fingerprint density at radius 1 is 1.10 bits per heavy atom. The van der Waals surface area contributed by atoms with E-state index in [9.17, 15) is 18.0 Å². The fraction of sp³-hybridized carbons (Fsp3) is 0.267. The molecule has 0 atom stereocenters. The van der Waals surface area contributed by atoms with Crippen molar-refractivity contribution in [3.05, 3.63) is 71.8 Å². The first-order valence-electron chi connectivity index (χ1n) is 13.2. The molecule has 41 heavy (non-hydrogen) atoms. The van der Waals surface area contributed by atoms with Gasteiger partial charge in [-0.25, -0.2) is 4.98 Å². The van der Waals surface area contributed by atoms with Crippen molar-refractivity contribution >= 4 is 34.8 Å². The van der Waals surface area contributed by atoms with Crippen LogP contribution in [-0.2, 0) is 11.0 Å². The normalized spacial score (nSPS) is 14.7. The van der Waals surface area contributed by atoms with Crippen LogP contribution in [0.25, 0.3) is 33.5 Å². The van der Waals surface area contributed by atoms with Gasteiger partial charge in [0.1, 0.15) is 17.2 Å². The van der Waals surface area contributed by atoms with Crippen LogP contribution in [0.1, 0.15) is 24.0 Å². The maximum absolute atomic E-state index is 14.4. The average Bonchev–Trinajstić information content (AvgIpc) is 3.40. The number of imidazole rings is 1. The summed E-state index contributed by atoms with van der Waals surface area (Å²) in [5, 5.41) is 18.5. The number of alkyl halides is 3. The number of carbonyl (C=O) groups is 1. The molecule has 0 radical (unpaired) electrons. The number of hydrogen-bond acceptors (Lipinski definition) is 5. The second kappa shape index (κ2) is 11.2. The molecule has 4 N–H and O–H groups in total. The highest BCUT2D eigenvalue weighted by Gasteiger charge is 2.38. The second-order valence-electron chi connectivity index (χ2n) is 10.2. The molecule has 5 rings (SSSR count). The number of halogens is 3. The van der Waals surface area contributed by atoms with E-state index in [1.165, 1.54) is 17.0 Å². The first-order valence-corrected chi connectivity index (χ1v) is 13.2. The van der Waals surface area contributed by atoms with Crippen molar-refractivity contribution in [2.24, 2.45) is 5.92 Å². The number of amides is 1. The molecule has 1 aromatic heterocycles. The molecule has 0 saturated carbocycles. The van der Waals surface area contributed by atoms with Crippen LogP contribution < -0.4 is 5.32 Å². The molecule has 1 aliphatic rings. The summed E-state index contributed by atoms with van der Waals surface area (Å²) in [7, 11) is 3.57. The number of aromatic amines is 1. The molecule has 2 heterocycles. The minimum Gasteiger partial charge on any atom is -0.337 e. The van der Waals surface area contributed by atoms with Crippen LogP contribution in [0, 0.1) is 16.7 Å². The van der Waals surface area contributed by atoms with Gasteiger partial charge >= 0.3 is 6.18 Å². The Morgan fingerprint density at radius 2 is 1.80 bits per heavy atom. The molecule has 8 nitrogen and oxygen atoms in total. The summed E-state index contributed by atoms with van der Waals surface area (Å²) in [5.74, 6) is -0.371. The summed E-state index contributed by atoms with van der Waals surface area (Å²) in [5.41, 5.74) is 1.32. The molecule has 1 amide bonds. The molecule has 1 aliphatic heterocycles. The number of anilines is 1. The number of rotatable bonds is 6. The zero-order chi connectivity index (χ0) is 29.3. The van der Waals surface area contributed by atoms with Gasteiger partial charge in [-0.1, -0.05) is 42.5 Å². The Morgan fingerprint density at radius 3 is 2.51 bits per heavy atom. The van der Waals surface area contributed by atoms with Gasteiger partial charge in [0.2, 0.25) is 5.91 Å². The Hall–Kier alpha value is -4.51. The molecule has 0 aliphatic carbocycles. The number of nitrogens with zero attached hydrogens (tertiary/aromatic N) is 3. The minimum absolute atomic E-state index is 0.129. The molecule has 1 saturated heterocycles. The Bertz CT molecular complexity index is 1620. The van der Waals surface area contributed by atoms with E-state index in [4.69, 9.17) is 10.8 Å². The summed E-state index contributed by atoms with van der Waals surface area (Å²) in [6.07, 6.45) is -2.50. The van der Waals surface area contributed by atoms with E-state index >= 15 is 0 Å². The molecule has 1 fully saturated rings. The lowest BCUT2D eigenvalue weighted by molar-refractivity contribution is -0.135. The van der Waals surface area contributed by atoms with Gasteiger partial charge in [0.05, 0.1) is 23.1 Å². The molecule has 11 heteroatoms. The highest BCUT2D eigenvalue weighted by atomic mass is 19.4. The number of piperidine rings is 1. The number of carbonyl (C=O) groups excluding carboxylic acids is 1. The predicted molar refractivity (Wildman–Crippen MR) is 154 cm³/mol.